The lowest BCUT2D eigenvalue weighted by molar-refractivity contribution is 0.214. The van der Waals surface area contributed by atoms with Gasteiger partial charge < -0.3 is 9.26 Å². The second-order valence-corrected chi connectivity index (χ2v) is 7.19. The molecule has 4 nitrogen and oxygen atoms in total. The summed E-state index contributed by atoms with van der Waals surface area (Å²) >= 11 is 1.66. The van der Waals surface area contributed by atoms with Gasteiger partial charge >= 0.3 is 0 Å². The van der Waals surface area contributed by atoms with Gasteiger partial charge in [-0.2, -0.15) is 0 Å². The third kappa shape index (κ3) is 3.47. The maximum atomic E-state index is 5.99. The topological polar surface area (TPSA) is 38.5 Å². The van der Waals surface area contributed by atoms with E-state index < -0.39 is 0 Å². The Morgan fingerprint density at radius 3 is 2.88 bits per heavy atom. The predicted molar refractivity (Wildman–Crippen MR) is 97.7 cm³/mol. The lowest BCUT2D eigenvalue weighted by Crippen LogP contribution is -2.29. The molecule has 0 aliphatic carbocycles. The Balaban J connectivity index is 1.40. The first kappa shape index (κ1) is 15.7. The summed E-state index contributed by atoms with van der Waals surface area (Å²) in [7, 11) is 0. The van der Waals surface area contributed by atoms with Gasteiger partial charge in [-0.1, -0.05) is 30.1 Å². The van der Waals surface area contributed by atoms with Crippen molar-refractivity contribution in [2.75, 3.05) is 26.2 Å². The number of fused-ring (bicyclic) bond motifs is 1. The van der Waals surface area contributed by atoms with E-state index in [1.807, 2.05) is 23.6 Å². The summed E-state index contributed by atoms with van der Waals surface area (Å²) in [5.41, 5.74) is 2.80. The minimum atomic E-state index is 0.733. The smallest absolute Gasteiger partial charge is 0.178 e. The molecule has 0 bridgehead atoms. The average molecular weight is 342 g/mol. The van der Waals surface area contributed by atoms with E-state index in [1.54, 1.807) is 11.3 Å². The van der Waals surface area contributed by atoms with Crippen LogP contribution in [0, 0.1) is 0 Å². The first-order valence-electron chi connectivity index (χ1n) is 8.68. The monoisotopic (exact) mass is 342 g/mol. The molecule has 1 aliphatic heterocycles. The van der Waals surface area contributed by atoms with Crippen LogP contribution in [0.4, 0.5) is 0 Å². The summed E-state index contributed by atoms with van der Waals surface area (Å²) in [6, 6.07) is 10.1. The minimum absolute atomic E-state index is 0.733. The highest BCUT2D eigenvalue weighted by atomic mass is 32.1. The highest BCUT2D eigenvalue weighted by molar-refractivity contribution is 7.17. The molecule has 1 aliphatic rings. The fraction of sp³-hybridized carbons (Fsp3) is 0.421. The van der Waals surface area contributed by atoms with Crippen LogP contribution in [-0.4, -0.2) is 36.3 Å². The fourth-order valence-electron chi connectivity index (χ4n) is 3.25. The summed E-state index contributed by atoms with van der Waals surface area (Å²) < 4.78 is 12.4. The van der Waals surface area contributed by atoms with E-state index in [4.69, 9.17) is 9.26 Å². The summed E-state index contributed by atoms with van der Waals surface area (Å²) in [5.74, 6) is 0.898. The van der Waals surface area contributed by atoms with Gasteiger partial charge in [0.25, 0.3) is 0 Å². The van der Waals surface area contributed by atoms with Crippen LogP contribution >= 0.6 is 11.3 Å². The standard InChI is InChI=1S/C19H22N2O2S/c1-2-4-10-21(9-3-1)11-12-22-16-7-5-6-15(14-16)18-19-17(23-20-18)8-13-24-19/h5-8,13-14H,1-4,9-12H2. The zero-order valence-electron chi connectivity index (χ0n) is 13.7. The molecule has 0 N–H and O–H groups in total. The van der Waals surface area contributed by atoms with E-state index in [0.717, 1.165) is 40.4 Å². The molecule has 0 atom stereocenters. The van der Waals surface area contributed by atoms with Gasteiger partial charge in [-0.25, -0.2) is 0 Å². The molecule has 2 aromatic heterocycles. The van der Waals surface area contributed by atoms with Crippen molar-refractivity contribution in [1.29, 1.82) is 0 Å². The van der Waals surface area contributed by atoms with E-state index in [2.05, 4.69) is 22.2 Å². The Kier molecular flexibility index (Phi) is 4.81. The normalized spacial score (nSPS) is 16.3. The first-order chi connectivity index (χ1) is 11.9. The Hall–Kier alpha value is -1.85. The van der Waals surface area contributed by atoms with Crippen LogP contribution in [0.15, 0.2) is 40.2 Å². The number of thiophene rings is 1. The Labute approximate surface area is 146 Å². The van der Waals surface area contributed by atoms with Crippen molar-refractivity contribution in [2.24, 2.45) is 0 Å². The van der Waals surface area contributed by atoms with E-state index in [1.165, 1.54) is 38.8 Å². The van der Waals surface area contributed by atoms with E-state index in [0.29, 0.717) is 0 Å². The van der Waals surface area contributed by atoms with Crippen molar-refractivity contribution in [1.82, 2.24) is 10.1 Å². The molecule has 24 heavy (non-hydrogen) atoms. The maximum Gasteiger partial charge on any atom is 0.178 e. The lowest BCUT2D eigenvalue weighted by Gasteiger charge is -2.19. The van der Waals surface area contributed by atoms with Crippen molar-refractivity contribution in [3.8, 4) is 17.0 Å². The lowest BCUT2D eigenvalue weighted by atomic mass is 10.1. The molecule has 4 rings (SSSR count). The number of hydrogen-bond donors (Lipinski definition) is 0. The zero-order valence-corrected chi connectivity index (χ0v) is 14.6. The molecule has 126 valence electrons. The number of rotatable bonds is 5. The molecule has 1 fully saturated rings. The summed E-state index contributed by atoms with van der Waals surface area (Å²) in [5, 5.41) is 6.23. The van der Waals surface area contributed by atoms with Crippen molar-refractivity contribution in [3.05, 3.63) is 35.7 Å². The van der Waals surface area contributed by atoms with Gasteiger partial charge in [0, 0.05) is 12.1 Å². The SMILES string of the molecule is c1cc(OCCN2CCCCCC2)cc(-c2noc3ccsc23)c1. The number of likely N-dealkylation sites (tertiary alicyclic amines) is 1. The first-order valence-corrected chi connectivity index (χ1v) is 9.56. The zero-order chi connectivity index (χ0) is 16.2. The van der Waals surface area contributed by atoms with E-state index >= 15 is 0 Å². The number of benzene rings is 1. The molecule has 3 aromatic rings. The van der Waals surface area contributed by atoms with Crippen molar-refractivity contribution < 1.29 is 9.26 Å². The molecule has 3 heterocycles. The van der Waals surface area contributed by atoms with Gasteiger partial charge in [-0.05, 0) is 49.5 Å². The highest BCUT2D eigenvalue weighted by Crippen LogP contribution is 2.33. The second kappa shape index (κ2) is 7.36. The van der Waals surface area contributed by atoms with Crippen LogP contribution in [0.1, 0.15) is 25.7 Å². The number of nitrogens with zero attached hydrogens (tertiary/aromatic N) is 2. The van der Waals surface area contributed by atoms with Gasteiger partial charge in [0.2, 0.25) is 0 Å². The van der Waals surface area contributed by atoms with Crippen LogP contribution in [0.2, 0.25) is 0 Å². The van der Waals surface area contributed by atoms with E-state index in [-0.39, 0.29) is 0 Å². The quantitative estimate of drug-likeness (QED) is 0.667. The van der Waals surface area contributed by atoms with Gasteiger partial charge in [-0.3, -0.25) is 4.90 Å². The maximum absolute atomic E-state index is 5.99. The number of aromatic nitrogens is 1. The van der Waals surface area contributed by atoms with Crippen molar-refractivity contribution in [3.63, 3.8) is 0 Å². The molecule has 0 amide bonds. The molecule has 0 unspecified atom stereocenters. The average Bonchev–Trinajstić information content (AvgIpc) is 3.12. The third-order valence-electron chi connectivity index (χ3n) is 4.56. The van der Waals surface area contributed by atoms with Crippen LogP contribution in [0.25, 0.3) is 21.5 Å². The number of hydrogen-bond acceptors (Lipinski definition) is 5. The van der Waals surface area contributed by atoms with Gasteiger partial charge in [0.05, 0.1) is 0 Å². The Morgan fingerprint density at radius 1 is 1.12 bits per heavy atom. The molecular weight excluding hydrogens is 320 g/mol. The minimum Gasteiger partial charge on any atom is -0.492 e. The summed E-state index contributed by atoms with van der Waals surface area (Å²) in [6.45, 7) is 4.15. The van der Waals surface area contributed by atoms with Gasteiger partial charge in [0.1, 0.15) is 22.8 Å². The van der Waals surface area contributed by atoms with Gasteiger partial charge in [-0.15, -0.1) is 11.3 Å². The van der Waals surface area contributed by atoms with Crippen molar-refractivity contribution >= 4 is 21.6 Å². The van der Waals surface area contributed by atoms with Crippen LogP contribution in [-0.2, 0) is 0 Å². The third-order valence-corrected chi connectivity index (χ3v) is 5.46. The van der Waals surface area contributed by atoms with E-state index in [9.17, 15) is 0 Å². The molecule has 1 saturated heterocycles. The molecular formula is C19H22N2O2S. The molecule has 0 spiro atoms. The highest BCUT2D eigenvalue weighted by Gasteiger charge is 2.12. The Bertz CT molecular complexity index is 787. The van der Waals surface area contributed by atoms with Crippen LogP contribution < -0.4 is 4.74 Å². The number of ether oxygens (including phenoxy) is 1. The van der Waals surface area contributed by atoms with Crippen molar-refractivity contribution in [2.45, 2.75) is 25.7 Å². The predicted octanol–water partition coefficient (Wildman–Crippen LogP) is 4.81. The summed E-state index contributed by atoms with van der Waals surface area (Å²) in [4.78, 5) is 2.52. The molecule has 1 aromatic carbocycles. The van der Waals surface area contributed by atoms with Gasteiger partial charge in [0.15, 0.2) is 5.58 Å². The summed E-state index contributed by atoms with van der Waals surface area (Å²) in [6.07, 6.45) is 5.37. The Morgan fingerprint density at radius 2 is 2.00 bits per heavy atom. The van der Waals surface area contributed by atoms with Crippen LogP contribution in [0.5, 0.6) is 5.75 Å². The molecule has 5 heteroatoms. The molecule has 0 radical (unpaired) electrons. The largest absolute Gasteiger partial charge is 0.492 e. The molecule has 0 saturated carbocycles. The second-order valence-electron chi connectivity index (χ2n) is 6.28. The fourth-order valence-corrected chi connectivity index (χ4v) is 4.06. The van der Waals surface area contributed by atoms with Crippen LogP contribution in [0.3, 0.4) is 0 Å².